The van der Waals surface area contributed by atoms with Crippen LogP contribution in [0.2, 0.25) is 0 Å². The monoisotopic (exact) mass is 547 g/mol. The van der Waals surface area contributed by atoms with E-state index in [9.17, 15) is 22.4 Å². The van der Waals surface area contributed by atoms with Crippen LogP contribution >= 0.6 is 0 Å². The van der Waals surface area contributed by atoms with Gasteiger partial charge in [-0.25, -0.2) is 27.8 Å². The van der Waals surface area contributed by atoms with Crippen molar-refractivity contribution < 1.29 is 31.5 Å². The second kappa shape index (κ2) is 10.4. The number of rotatable bonds is 6. The van der Waals surface area contributed by atoms with Crippen LogP contribution in [0.1, 0.15) is 18.9 Å². The van der Waals surface area contributed by atoms with E-state index in [0.717, 1.165) is 31.5 Å². The Hall–Kier alpha value is -4.33. The minimum absolute atomic E-state index is 0.0409. The Labute approximate surface area is 218 Å². The summed E-state index contributed by atoms with van der Waals surface area (Å²) in [5.74, 6) is -9.58. The van der Waals surface area contributed by atoms with Gasteiger partial charge < -0.3 is 15.8 Å². The predicted octanol–water partition coefficient (Wildman–Crippen LogP) is 3.95. The number of aromatic nitrogens is 4. The lowest BCUT2D eigenvalue weighted by atomic mass is 10.1. The number of nitrogen functional groups attached to an aromatic ring is 1. The first-order valence-electron chi connectivity index (χ1n) is 11.9. The van der Waals surface area contributed by atoms with Gasteiger partial charge in [0.2, 0.25) is 23.3 Å². The van der Waals surface area contributed by atoms with Crippen LogP contribution in [0.5, 0.6) is 11.5 Å². The average Bonchev–Trinajstić information content (AvgIpc) is 3.31. The van der Waals surface area contributed by atoms with Gasteiger partial charge in [0.05, 0.1) is 18.0 Å². The zero-order valence-electron chi connectivity index (χ0n) is 20.5. The van der Waals surface area contributed by atoms with Crippen LogP contribution in [0.25, 0.3) is 22.3 Å². The third-order valence-electron chi connectivity index (χ3n) is 6.48. The van der Waals surface area contributed by atoms with E-state index in [1.807, 2.05) is 4.90 Å². The summed E-state index contributed by atoms with van der Waals surface area (Å²) in [6.07, 6.45) is 2.77. The average molecular weight is 547 g/mol. The molecule has 1 fully saturated rings. The van der Waals surface area contributed by atoms with Crippen LogP contribution in [0.4, 0.5) is 27.8 Å². The van der Waals surface area contributed by atoms with Crippen molar-refractivity contribution in [1.82, 2.24) is 30.0 Å². The SMILES string of the molecule is CNC(=O)CN1CCCC(n2nc(-c3ccc(Oc4c(F)c(F)cc(F)c4F)cc3F)c3c(N)ncnc32)C1. The van der Waals surface area contributed by atoms with Crippen LogP contribution in [0.15, 0.2) is 30.6 Å². The minimum Gasteiger partial charge on any atom is -0.451 e. The fourth-order valence-electron chi connectivity index (χ4n) is 4.61. The van der Waals surface area contributed by atoms with Crippen LogP contribution in [0, 0.1) is 29.1 Å². The van der Waals surface area contributed by atoms with Gasteiger partial charge in [0, 0.05) is 31.3 Å². The highest BCUT2D eigenvalue weighted by Crippen LogP contribution is 2.37. The van der Waals surface area contributed by atoms with Gasteiger partial charge in [0.15, 0.2) is 17.3 Å². The van der Waals surface area contributed by atoms with Gasteiger partial charge in [0.25, 0.3) is 0 Å². The largest absolute Gasteiger partial charge is 0.451 e. The van der Waals surface area contributed by atoms with E-state index in [1.54, 1.807) is 11.7 Å². The number of nitrogens with one attached hydrogen (secondary N) is 1. The Morgan fingerprint density at radius 2 is 1.85 bits per heavy atom. The van der Waals surface area contributed by atoms with Crippen molar-refractivity contribution in [1.29, 1.82) is 0 Å². The predicted molar refractivity (Wildman–Crippen MR) is 130 cm³/mol. The summed E-state index contributed by atoms with van der Waals surface area (Å²) in [6, 6.07) is 3.03. The number of likely N-dealkylation sites (tertiary alicyclic amines) is 1. The van der Waals surface area contributed by atoms with Crippen LogP contribution in [-0.2, 0) is 4.79 Å². The highest BCUT2D eigenvalue weighted by molar-refractivity contribution is 5.98. The molecule has 204 valence electrons. The molecule has 14 heteroatoms. The second-order valence-electron chi connectivity index (χ2n) is 9.00. The molecule has 3 N–H and O–H groups in total. The molecule has 4 aromatic rings. The van der Waals surface area contributed by atoms with Gasteiger partial charge >= 0.3 is 0 Å². The second-order valence-corrected chi connectivity index (χ2v) is 9.00. The number of likely N-dealkylation sites (N-methyl/N-ethyl adjacent to an activating group) is 1. The molecular formula is C25H22F5N7O2. The number of carbonyl (C=O) groups is 1. The molecule has 3 heterocycles. The first kappa shape index (κ1) is 26.3. The number of benzene rings is 2. The van der Waals surface area contributed by atoms with Crippen molar-refractivity contribution in [3.63, 3.8) is 0 Å². The molecule has 1 aliphatic rings. The van der Waals surface area contributed by atoms with Gasteiger partial charge in [-0.05, 0) is 31.5 Å². The van der Waals surface area contributed by atoms with Gasteiger partial charge in [-0.3, -0.25) is 9.69 Å². The summed E-state index contributed by atoms with van der Waals surface area (Å²) in [7, 11) is 1.56. The first-order chi connectivity index (χ1) is 18.7. The zero-order valence-corrected chi connectivity index (χ0v) is 20.5. The van der Waals surface area contributed by atoms with Crippen molar-refractivity contribution in [2.75, 3.05) is 32.4 Å². The summed E-state index contributed by atoms with van der Waals surface area (Å²) in [5.41, 5.74) is 6.56. The summed E-state index contributed by atoms with van der Waals surface area (Å²) in [6.45, 7) is 1.42. The van der Waals surface area contributed by atoms with E-state index in [4.69, 9.17) is 10.5 Å². The maximum absolute atomic E-state index is 15.4. The maximum Gasteiger partial charge on any atom is 0.233 e. The molecule has 0 saturated carbocycles. The molecule has 0 spiro atoms. The fourth-order valence-corrected chi connectivity index (χ4v) is 4.61. The van der Waals surface area contributed by atoms with Gasteiger partial charge in [-0.15, -0.1) is 0 Å². The molecule has 0 bridgehead atoms. The first-order valence-corrected chi connectivity index (χ1v) is 11.9. The number of fused-ring (bicyclic) bond motifs is 1. The lowest BCUT2D eigenvalue weighted by Gasteiger charge is -2.32. The van der Waals surface area contributed by atoms with Crippen molar-refractivity contribution in [2.24, 2.45) is 0 Å². The molecule has 39 heavy (non-hydrogen) atoms. The summed E-state index contributed by atoms with van der Waals surface area (Å²) < 4.78 is 77.1. The van der Waals surface area contributed by atoms with Gasteiger partial charge in [0.1, 0.15) is 29.4 Å². The number of amides is 1. The molecule has 1 unspecified atom stereocenters. The number of hydrogen-bond donors (Lipinski definition) is 2. The molecule has 1 aliphatic heterocycles. The smallest absolute Gasteiger partial charge is 0.233 e. The molecule has 0 radical (unpaired) electrons. The number of anilines is 1. The molecule has 1 saturated heterocycles. The summed E-state index contributed by atoms with van der Waals surface area (Å²) in [4.78, 5) is 22.2. The molecule has 5 rings (SSSR count). The fraction of sp³-hybridized carbons (Fsp3) is 0.280. The number of hydrogen-bond acceptors (Lipinski definition) is 7. The summed E-state index contributed by atoms with van der Waals surface area (Å²) >= 11 is 0. The van der Waals surface area contributed by atoms with E-state index in [0.29, 0.717) is 12.2 Å². The van der Waals surface area contributed by atoms with Gasteiger partial charge in [-0.1, -0.05) is 0 Å². The van der Waals surface area contributed by atoms with Crippen molar-refractivity contribution >= 4 is 22.8 Å². The number of carbonyl (C=O) groups excluding carboxylic acids is 1. The molecular weight excluding hydrogens is 525 g/mol. The van der Waals surface area contributed by atoms with Crippen molar-refractivity contribution in [3.8, 4) is 22.8 Å². The molecule has 1 amide bonds. The quantitative estimate of drug-likeness (QED) is 0.278. The summed E-state index contributed by atoms with van der Waals surface area (Å²) in [5, 5.41) is 7.50. The number of ether oxygens (including phenoxy) is 1. The highest BCUT2D eigenvalue weighted by atomic mass is 19.2. The molecule has 2 aromatic carbocycles. The highest BCUT2D eigenvalue weighted by Gasteiger charge is 2.28. The van der Waals surface area contributed by atoms with Crippen molar-refractivity contribution in [2.45, 2.75) is 18.9 Å². The number of halogens is 5. The standard InChI is InChI=1S/C25H22F5N7O2/c1-32-18(38)10-36-6-2-3-12(9-36)37-25-19(24(31)33-11-34-25)22(35-37)14-5-4-13(7-15(14)26)39-23-20(29)16(27)8-17(28)21(23)30/h4-5,7-8,11-12H,2-3,6,9-10H2,1H3,(H,32,38)(H2,31,33,34). The van der Waals surface area contributed by atoms with Crippen LogP contribution in [0.3, 0.4) is 0 Å². The van der Waals surface area contributed by atoms with E-state index < -0.39 is 40.6 Å². The van der Waals surface area contributed by atoms with E-state index in [-0.39, 0.29) is 47.0 Å². The Bertz CT molecular complexity index is 1550. The number of nitrogens with zero attached hydrogens (tertiary/aromatic N) is 5. The lowest BCUT2D eigenvalue weighted by Crippen LogP contribution is -2.42. The Morgan fingerprint density at radius 1 is 1.10 bits per heavy atom. The van der Waals surface area contributed by atoms with Gasteiger partial charge in [-0.2, -0.15) is 13.9 Å². The van der Waals surface area contributed by atoms with Crippen LogP contribution in [-0.4, -0.2) is 57.2 Å². The molecule has 9 nitrogen and oxygen atoms in total. The zero-order chi connectivity index (χ0) is 27.8. The third kappa shape index (κ3) is 4.94. The van der Waals surface area contributed by atoms with Crippen molar-refractivity contribution in [3.05, 3.63) is 59.7 Å². The topological polar surface area (TPSA) is 111 Å². The minimum atomic E-state index is -1.76. The van der Waals surface area contributed by atoms with E-state index in [1.165, 1.54) is 12.4 Å². The Kier molecular flexibility index (Phi) is 7.04. The lowest BCUT2D eigenvalue weighted by molar-refractivity contribution is -0.122. The number of piperidine rings is 1. The molecule has 0 aliphatic carbocycles. The number of nitrogens with two attached hydrogens (primary N) is 1. The molecule has 1 atom stereocenters. The third-order valence-corrected chi connectivity index (χ3v) is 6.48. The van der Waals surface area contributed by atoms with E-state index >= 15 is 4.39 Å². The molecule has 2 aromatic heterocycles. The van der Waals surface area contributed by atoms with Crippen LogP contribution < -0.4 is 15.8 Å². The Morgan fingerprint density at radius 3 is 2.54 bits per heavy atom. The normalized spacial score (nSPS) is 16.0. The van der Waals surface area contributed by atoms with E-state index in [2.05, 4.69) is 20.4 Å². The Balaban J connectivity index is 1.51. The maximum atomic E-state index is 15.4.